The lowest BCUT2D eigenvalue weighted by atomic mass is 9.78. The van der Waals surface area contributed by atoms with Crippen LogP contribution in [0.4, 0.5) is 17.6 Å². The van der Waals surface area contributed by atoms with Crippen LogP contribution in [0.15, 0.2) is 30.4 Å². The predicted octanol–water partition coefficient (Wildman–Crippen LogP) is 4.75. The third-order valence-electron chi connectivity index (χ3n) is 3.89. The zero-order valence-corrected chi connectivity index (χ0v) is 11.8. The summed E-state index contributed by atoms with van der Waals surface area (Å²) in [6.07, 6.45) is 2.55. The minimum atomic E-state index is -4.90. The summed E-state index contributed by atoms with van der Waals surface area (Å²) in [6.45, 7) is 0. The van der Waals surface area contributed by atoms with E-state index in [0.29, 0.717) is 11.5 Å². The van der Waals surface area contributed by atoms with Crippen molar-refractivity contribution in [3.05, 3.63) is 41.7 Å². The van der Waals surface area contributed by atoms with Gasteiger partial charge < -0.3 is 4.74 Å². The van der Waals surface area contributed by atoms with Crippen molar-refractivity contribution in [2.45, 2.75) is 38.0 Å². The first-order chi connectivity index (χ1) is 10.4. The van der Waals surface area contributed by atoms with Crippen molar-refractivity contribution in [2.24, 2.45) is 5.92 Å². The molecule has 2 nitrogen and oxygen atoms in total. The first-order valence-electron chi connectivity index (χ1n) is 7.06. The number of allylic oxidation sites excluding steroid dienone is 2. The van der Waals surface area contributed by atoms with E-state index in [4.69, 9.17) is 0 Å². The van der Waals surface area contributed by atoms with Crippen LogP contribution in [0.2, 0.25) is 0 Å². The molecule has 120 valence electrons. The SMILES string of the molecule is O=CC=CC1CCC(c2ccc(OC(F)(F)F)c(F)c2)CC1. The third-order valence-corrected chi connectivity index (χ3v) is 3.89. The van der Waals surface area contributed by atoms with Gasteiger partial charge in [-0.1, -0.05) is 12.1 Å². The average Bonchev–Trinajstić information content (AvgIpc) is 2.46. The highest BCUT2D eigenvalue weighted by Crippen LogP contribution is 2.37. The largest absolute Gasteiger partial charge is 0.573 e. The quantitative estimate of drug-likeness (QED) is 0.455. The molecule has 1 fully saturated rings. The molecule has 0 bridgehead atoms. The van der Waals surface area contributed by atoms with Crippen LogP contribution in [-0.2, 0) is 4.79 Å². The summed E-state index contributed by atoms with van der Waals surface area (Å²) in [5.74, 6) is -1.36. The Bertz CT molecular complexity index is 544. The molecule has 22 heavy (non-hydrogen) atoms. The molecule has 0 unspecified atom stereocenters. The Morgan fingerprint density at radius 1 is 1.14 bits per heavy atom. The van der Waals surface area contributed by atoms with E-state index < -0.39 is 17.9 Å². The van der Waals surface area contributed by atoms with E-state index in [1.54, 1.807) is 0 Å². The summed E-state index contributed by atoms with van der Waals surface area (Å²) in [5.41, 5.74) is 0.685. The molecule has 0 saturated heterocycles. The van der Waals surface area contributed by atoms with E-state index in [1.807, 2.05) is 6.08 Å². The van der Waals surface area contributed by atoms with Crippen LogP contribution in [0.1, 0.15) is 37.2 Å². The average molecular weight is 316 g/mol. The summed E-state index contributed by atoms with van der Waals surface area (Å²) in [6, 6.07) is 3.63. The van der Waals surface area contributed by atoms with E-state index in [-0.39, 0.29) is 5.92 Å². The summed E-state index contributed by atoms with van der Waals surface area (Å²) in [4.78, 5) is 10.3. The number of rotatable bonds is 4. The molecule has 1 aliphatic rings. The molecule has 1 aromatic carbocycles. The molecule has 1 saturated carbocycles. The Labute approximate surface area is 125 Å². The molecule has 2 rings (SSSR count). The molecular weight excluding hydrogens is 300 g/mol. The van der Waals surface area contributed by atoms with Gasteiger partial charge in [-0.15, -0.1) is 13.2 Å². The van der Waals surface area contributed by atoms with Gasteiger partial charge in [0.25, 0.3) is 0 Å². The van der Waals surface area contributed by atoms with E-state index in [1.165, 1.54) is 12.1 Å². The number of ether oxygens (including phenoxy) is 1. The maximum Gasteiger partial charge on any atom is 0.573 e. The molecule has 1 aromatic rings. The number of aldehydes is 1. The van der Waals surface area contributed by atoms with Gasteiger partial charge in [0, 0.05) is 0 Å². The second kappa shape index (κ2) is 6.94. The molecule has 0 spiro atoms. The van der Waals surface area contributed by atoms with Crippen LogP contribution in [0.3, 0.4) is 0 Å². The van der Waals surface area contributed by atoms with Crippen LogP contribution >= 0.6 is 0 Å². The monoisotopic (exact) mass is 316 g/mol. The summed E-state index contributed by atoms with van der Waals surface area (Å²) < 4.78 is 53.6. The predicted molar refractivity (Wildman–Crippen MR) is 73.0 cm³/mol. The molecule has 0 amide bonds. The van der Waals surface area contributed by atoms with Crippen molar-refractivity contribution < 1.29 is 27.1 Å². The Morgan fingerprint density at radius 2 is 1.82 bits per heavy atom. The number of benzene rings is 1. The number of hydrogen-bond donors (Lipinski definition) is 0. The van der Waals surface area contributed by atoms with Gasteiger partial charge >= 0.3 is 6.36 Å². The Hall–Kier alpha value is -1.85. The number of halogens is 4. The topological polar surface area (TPSA) is 26.3 Å². The van der Waals surface area contributed by atoms with E-state index >= 15 is 0 Å². The normalized spacial score (nSPS) is 22.7. The fraction of sp³-hybridized carbons (Fsp3) is 0.438. The van der Waals surface area contributed by atoms with Gasteiger partial charge in [-0.3, -0.25) is 4.79 Å². The van der Waals surface area contributed by atoms with Crippen LogP contribution < -0.4 is 4.74 Å². The minimum Gasteiger partial charge on any atom is -0.403 e. The lowest BCUT2D eigenvalue weighted by molar-refractivity contribution is -0.275. The standard InChI is InChI=1S/C16H16F4O2/c17-14-10-13(7-8-15(14)22-16(18,19)20)12-5-3-11(4-6-12)2-1-9-21/h1-2,7-12H,3-6H2. The molecule has 0 heterocycles. The molecule has 0 radical (unpaired) electrons. The van der Waals surface area contributed by atoms with E-state index in [2.05, 4.69) is 4.74 Å². The van der Waals surface area contributed by atoms with Gasteiger partial charge in [-0.25, -0.2) is 4.39 Å². The zero-order valence-electron chi connectivity index (χ0n) is 11.8. The minimum absolute atomic E-state index is 0.121. The first kappa shape index (κ1) is 16.5. The van der Waals surface area contributed by atoms with Gasteiger partial charge in [0.15, 0.2) is 11.6 Å². The van der Waals surface area contributed by atoms with Gasteiger partial charge in [0.1, 0.15) is 6.29 Å². The van der Waals surface area contributed by atoms with Crippen molar-refractivity contribution >= 4 is 6.29 Å². The maximum absolute atomic E-state index is 13.7. The molecule has 0 atom stereocenters. The number of carbonyl (C=O) groups is 1. The van der Waals surface area contributed by atoms with Crippen molar-refractivity contribution in [2.75, 3.05) is 0 Å². The highest BCUT2D eigenvalue weighted by atomic mass is 19.4. The van der Waals surface area contributed by atoms with Crippen LogP contribution in [0.5, 0.6) is 5.75 Å². The van der Waals surface area contributed by atoms with E-state index in [0.717, 1.165) is 44.1 Å². The van der Waals surface area contributed by atoms with Gasteiger partial charge in [-0.2, -0.15) is 0 Å². The summed E-state index contributed by atoms with van der Waals surface area (Å²) >= 11 is 0. The second-order valence-electron chi connectivity index (χ2n) is 5.37. The van der Waals surface area contributed by atoms with Crippen LogP contribution in [-0.4, -0.2) is 12.6 Å². The summed E-state index contributed by atoms with van der Waals surface area (Å²) in [7, 11) is 0. The fourth-order valence-electron chi connectivity index (χ4n) is 2.83. The lowest BCUT2D eigenvalue weighted by Crippen LogP contribution is -2.18. The van der Waals surface area contributed by atoms with Crippen molar-refractivity contribution in [3.8, 4) is 5.75 Å². The van der Waals surface area contributed by atoms with Gasteiger partial charge in [0.05, 0.1) is 0 Å². The molecule has 0 aliphatic heterocycles. The summed E-state index contributed by atoms with van der Waals surface area (Å²) in [5, 5.41) is 0. The van der Waals surface area contributed by atoms with Crippen molar-refractivity contribution in [1.82, 2.24) is 0 Å². The molecular formula is C16H16F4O2. The molecule has 0 N–H and O–H groups in total. The lowest BCUT2D eigenvalue weighted by Gasteiger charge is -2.27. The molecule has 1 aliphatic carbocycles. The zero-order chi connectivity index (χ0) is 16.2. The maximum atomic E-state index is 13.7. The van der Waals surface area contributed by atoms with Crippen LogP contribution in [0, 0.1) is 11.7 Å². The number of hydrogen-bond acceptors (Lipinski definition) is 2. The Kier molecular flexibility index (Phi) is 5.21. The van der Waals surface area contributed by atoms with E-state index in [9.17, 15) is 22.4 Å². The van der Waals surface area contributed by atoms with Crippen LogP contribution in [0.25, 0.3) is 0 Å². The van der Waals surface area contributed by atoms with Crippen molar-refractivity contribution in [3.63, 3.8) is 0 Å². The molecule has 0 aromatic heterocycles. The smallest absolute Gasteiger partial charge is 0.403 e. The fourth-order valence-corrected chi connectivity index (χ4v) is 2.83. The highest BCUT2D eigenvalue weighted by molar-refractivity contribution is 5.64. The Balaban J connectivity index is 2.01. The Morgan fingerprint density at radius 3 is 2.36 bits per heavy atom. The number of carbonyl (C=O) groups excluding carboxylic acids is 1. The van der Waals surface area contributed by atoms with Crippen molar-refractivity contribution in [1.29, 1.82) is 0 Å². The van der Waals surface area contributed by atoms with Gasteiger partial charge in [0.2, 0.25) is 0 Å². The third kappa shape index (κ3) is 4.58. The highest BCUT2D eigenvalue weighted by Gasteiger charge is 2.32. The van der Waals surface area contributed by atoms with Gasteiger partial charge in [-0.05, 0) is 61.3 Å². The first-order valence-corrected chi connectivity index (χ1v) is 7.06. The number of alkyl halides is 3. The molecule has 6 heteroatoms. The second-order valence-corrected chi connectivity index (χ2v) is 5.37.